The molecule has 0 aromatic heterocycles. The molecule has 0 unspecified atom stereocenters. The molecular weight excluding hydrogens is 420 g/mol. The third-order valence-corrected chi connectivity index (χ3v) is 5.90. The van der Waals surface area contributed by atoms with Crippen LogP contribution in [0.25, 0.3) is 0 Å². The Hall–Kier alpha value is -1.27. The maximum Gasteiger partial charge on any atom is 0.410 e. The van der Waals surface area contributed by atoms with Crippen molar-refractivity contribution in [3.05, 3.63) is 33.3 Å². The first-order valence-corrected chi connectivity index (χ1v) is 9.92. The van der Waals surface area contributed by atoms with E-state index in [1.807, 2.05) is 37.8 Å². The molecule has 1 fully saturated rings. The van der Waals surface area contributed by atoms with Gasteiger partial charge in [-0.2, -0.15) is 0 Å². The van der Waals surface area contributed by atoms with E-state index < -0.39 is 5.60 Å². The van der Waals surface area contributed by atoms with Gasteiger partial charge in [0.15, 0.2) is 0 Å². The Morgan fingerprint density at radius 3 is 2.50 bits per heavy atom. The topological polar surface area (TPSA) is 49.9 Å². The molecular formula is C19H26BrClN2O3. The summed E-state index contributed by atoms with van der Waals surface area (Å²) in [6.45, 7) is 6.83. The van der Waals surface area contributed by atoms with Crippen molar-refractivity contribution < 1.29 is 14.3 Å². The van der Waals surface area contributed by atoms with Crippen LogP contribution in [-0.2, 0) is 16.0 Å². The number of ether oxygens (including phenoxy) is 1. The normalized spacial score (nSPS) is 15.7. The lowest BCUT2D eigenvalue weighted by atomic mass is 10.0. The minimum atomic E-state index is -0.508. The molecule has 0 N–H and O–H groups in total. The fourth-order valence-electron chi connectivity index (χ4n) is 2.95. The van der Waals surface area contributed by atoms with Gasteiger partial charge < -0.3 is 14.5 Å². The van der Waals surface area contributed by atoms with Crippen molar-refractivity contribution in [3.63, 3.8) is 0 Å². The molecule has 0 bridgehead atoms. The van der Waals surface area contributed by atoms with Gasteiger partial charge in [-0.05, 0) is 61.2 Å². The third kappa shape index (κ3) is 5.61. The molecule has 0 saturated carbocycles. The van der Waals surface area contributed by atoms with Crippen molar-refractivity contribution >= 4 is 39.5 Å². The van der Waals surface area contributed by atoms with Gasteiger partial charge in [0.1, 0.15) is 5.60 Å². The van der Waals surface area contributed by atoms with Gasteiger partial charge in [0.25, 0.3) is 0 Å². The van der Waals surface area contributed by atoms with Crippen molar-refractivity contribution in [2.24, 2.45) is 0 Å². The highest BCUT2D eigenvalue weighted by atomic mass is 79.9. The molecule has 1 saturated heterocycles. The maximum absolute atomic E-state index is 12.6. The monoisotopic (exact) mass is 444 g/mol. The van der Waals surface area contributed by atoms with Gasteiger partial charge in [-0.25, -0.2) is 4.79 Å². The largest absolute Gasteiger partial charge is 0.444 e. The molecule has 1 aromatic rings. The summed E-state index contributed by atoms with van der Waals surface area (Å²) in [5.74, 6) is 0.0753. The summed E-state index contributed by atoms with van der Waals surface area (Å²) in [4.78, 5) is 28.3. The molecule has 2 rings (SSSR count). The molecule has 144 valence electrons. The minimum absolute atomic E-state index is 0.0753. The van der Waals surface area contributed by atoms with Gasteiger partial charge in [0.05, 0.1) is 11.4 Å². The van der Waals surface area contributed by atoms with Crippen LogP contribution in [0.4, 0.5) is 4.79 Å². The Bertz CT molecular complexity index is 667. The fourth-order valence-corrected chi connectivity index (χ4v) is 3.54. The van der Waals surface area contributed by atoms with E-state index in [-0.39, 0.29) is 18.0 Å². The number of rotatable bonds is 3. The molecule has 1 aliphatic heterocycles. The minimum Gasteiger partial charge on any atom is -0.444 e. The number of benzene rings is 1. The van der Waals surface area contributed by atoms with E-state index in [2.05, 4.69) is 15.9 Å². The Balaban J connectivity index is 1.88. The summed E-state index contributed by atoms with van der Waals surface area (Å²) in [6, 6.07) is 5.62. The summed E-state index contributed by atoms with van der Waals surface area (Å²) >= 11 is 9.53. The third-order valence-electron chi connectivity index (χ3n) is 4.42. The van der Waals surface area contributed by atoms with E-state index in [1.54, 1.807) is 18.0 Å². The van der Waals surface area contributed by atoms with Crippen molar-refractivity contribution in [1.82, 2.24) is 9.80 Å². The van der Waals surface area contributed by atoms with Crippen LogP contribution >= 0.6 is 27.5 Å². The van der Waals surface area contributed by atoms with Gasteiger partial charge in [0.2, 0.25) is 5.91 Å². The van der Waals surface area contributed by atoms with Gasteiger partial charge in [-0.3, -0.25) is 4.79 Å². The molecule has 1 aromatic carbocycles. The number of carbonyl (C=O) groups is 2. The zero-order valence-electron chi connectivity index (χ0n) is 15.7. The highest BCUT2D eigenvalue weighted by molar-refractivity contribution is 9.10. The number of nitrogens with zero attached hydrogens (tertiary/aromatic N) is 2. The number of piperidine rings is 1. The van der Waals surface area contributed by atoms with Gasteiger partial charge in [0, 0.05) is 30.7 Å². The first-order valence-electron chi connectivity index (χ1n) is 8.75. The molecule has 1 heterocycles. The average Bonchev–Trinajstić information content (AvgIpc) is 2.57. The van der Waals surface area contributed by atoms with Crippen molar-refractivity contribution in [1.29, 1.82) is 0 Å². The van der Waals surface area contributed by atoms with E-state index >= 15 is 0 Å². The van der Waals surface area contributed by atoms with Crippen LogP contribution in [0.2, 0.25) is 5.02 Å². The number of hydrogen-bond acceptors (Lipinski definition) is 3. The Morgan fingerprint density at radius 1 is 1.31 bits per heavy atom. The highest BCUT2D eigenvalue weighted by Gasteiger charge is 2.30. The van der Waals surface area contributed by atoms with Crippen LogP contribution in [0.1, 0.15) is 39.2 Å². The smallest absolute Gasteiger partial charge is 0.410 e. The second kappa shape index (κ2) is 8.61. The Labute approximate surface area is 168 Å². The molecule has 0 radical (unpaired) electrons. The molecule has 0 aliphatic carbocycles. The molecule has 0 atom stereocenters. The van der Waals surface area contributed by atoms with Gasteiger partial charge in [-0.15, -0.1) is 0 Å². The lowest BCUT2D eigenvalue weighted by Gasteiger charge is -2.37. The van der Waals surface area contributed by atoms with Crippen LogP contribution in [0.15, 0.2) is 22.7 Å². The molecule has 0 spiro atoms. The molecule has 2 amide bonds. The highest BCUT2D eigenvalue weighted by Crippen LogP contribution is 2.27. The zero-order chi connectivity index (χ0) is 19.5. The summed E-state index contributed by atoms with van der Waals surface area (Å²) in [6.07, 6.45) is 1.49. The van der Waals surface area contributed by atoms with Gasteiger partial charge in [-0.1, -0.05) is 23.7 Å². The van der Waals surface area contributed by atoms with E-state index in [4.69, 9.17) is 16.3 Å². The zero-order valence-corrected chi connectivity index (χ0v) is 18.1. The first-order chi connectivity index (χ1) is 12.1. The van der Waals surface area contributed by atoms with Gasteiger partial charge >= 0.3 is 6.09 Å². The average molecular weight is 446 g/mol. The van der Waals surface area contributed by atoms with Crippen LogP contribution in [-0.4, -0.2) is 53.6 Å². The predicted octanol–water partition coefficient (Wildman–Crippen LogP) is 4.50. The maximum atomic E-state index is 12.6. The van der Waals surface area contributed by atoms with Crippen molar-refractivity contribution in [2.45, 2.75) is 51.7 Å². The first kappa shape index (κ1) is 21.0. The number of halogens is 2. The van der Waals surface area contributed by atoms with Crippen LogP contribution < -0.4 is 0 Å². The molecule has 1 aliphatic rings. The van der Waals surface area contributed by atoms with Crippen LogP contribution in [0.5, 0.6) is 0 Å². The summed E-state index contributed by atoms with van der Waals surface area (Å²) in [5.41, 5.74) is 0.377. The van der Waals surface area contributed by atoms with E-state index in [1.165, 1.54) is 0 Å². The van der Waals surface area contributed by atoms with Crippen molar-refractivity contribution in [2.75, 3.05) is 20.1 Å². The fraction of sp³-hybridized carbons (Fsp3) is 0.579. The molecule has 5 nitrogen and oxygen atoms in total. The number of hydrogen-bond donors (Lipinski definition) is 0. The summed E-state index contributed by atoms with van der Waals surface area (Å²) in [5, 5.41) is 0.605. The van der Waals surface area contributed by atoms with E-state index in [0.29, 0.717) is 24.5 Å². The lowest BCUT2D eigenvalue weighted by Crippen LogP contribution is -2.48. The lowest BCUT2D eigenvalue weighted by molar-refractivity contribution is -0.131. The quantitative estimate of drug-likeness (QED) is 0.688. The van der Waals surface area contributed by atoms with Crippen molar-refractivity contribution in [3.8, 4) is 0 Å². The molecule has 7 heteroatoms. The number of likely N-dealkylation sites (tertiary alicyclic amines) is 1. The standard InChI is InChI=1S/C19H26BrClN2O3/c1-19(2,3)26-18(25)22(4)14-8-10-23(11-9-14)16(24)12-13-6-5-7-15(21)17(13)20/h5-7,14H,8-12H2,1-4H3. The number of amides is 2. The van der Waals surface area contributed by atoms with Crippen LogP contribution in [0, 0.1) is 0 Å². The summed E-state index contributed by atoms with van der Waals surface area (Å²) < 4.78 is 6.19. The Morgan fingerprint density at radius 2 is 1.92 bits per heavy atom. The second-order valence-electron chi connectivity index (χ2n) is 7.59. The van der Waals surface area contributed by atoms with E-state index in [9.17, 15) is 9.59 Å². The SMILES string of the molecule is CN(C(=O)OC(C)(C)C)C1CCN(C(=O)Cc2cccc(Cl)c2Br)CC1. The summed E-state index contributed by atoms with van der Waals surface area (Å²) in [7, 11) is 1.76. The molecule has 26 heavy (non-hydrogen) atoms. The Kier molecular flexibility index (Phi) is 6.97. The van der Waals surface area contributed by atoms with E-state index in [0.717, 1.165) is 22.9 Å². The second-order valence-corrected chi connectivity index (χ2v) is 8.79. The number of carbonyl (C=O) groups excluding carboxylic acids is 2. The predicted molar refractivity (Wildman–Crippen MR) is 106 cm³/mol. The van der Waals surface area contributed by atoms with Crippen LogP contribution in [0.3, 0.4) is 0 Å².